The minimum Gasteiger partial charge on any atom is -0.441 e. The van der Waals surface area contributed by atoms with Crippen LogP contribution in [-0.2, 0) is 4.74 Å². The van der Waals surface area contributed by atoms with Crippen molar-refractivity contribution in [2.45, 2.75) is 75.9 Å². The summed E-state index contributed by atoms with van der Waals surface area (Å²) in [6, 6.07) is -0.0200. The highest BCUT2D eigenvalue weighted by atomic mass is 32.2. The molecule has 0 aromatic heterocycles. The van der Waals surface area contributed by atoms with Crippen molar-refractivity contribution in [2.24, 2.45) is 5.92 Å². The van der Waals surface area contributed by atoms with E-state index in [0.717, 1.165) is 6.42 Å². The van der Waals surface area contributed by atoms with Gasteiger partial charge in [0.15, 0.2) is 6.10 Å². The predicted octanol–water partition coefficient (Wildman–Crippen LogP) is 2.94. The van der Waals surface area contributed by atoms with Crippen LogP contribution < -0.4 is 5.32 Å². The summed E-state index contributed by atoms with van der Waals surface area (Å²) < 4.78 is 5.30. The second kappa shape index (κ2) is 7.55. The minimum absolute atomic E-state index is 0.0200. The van der Waals surface area contributed by atoms with Gasteiger partial charge in [-0.25, -0.2) is 4.79 Å². The SMILES string of the molecule is CC(C)SC[C@H](O)C1OC(=O)NC1CC1CCCCC1. The highest BCUT2D eigenvalue weighted by Crippen LogP contribution is 2.30. The maximum atomic E-state index is 11.5. The first kappa shape index (κ1) is 16.0. The highest BCUT2D eigenvalue weighted by molar-refractivity contribution is 7.99. The molecule has 2 N–H and O–H groups in total. The van der Waals surface area contributed by atoms with E-state index in [1.165, 1.54) is 32.1 Å². The number of thioether (sulfide) groups is 1. The van der Waals surface area contributed by atoms with Gasteiger partial charge in [0, 0.05) is 5.75 Å². The molecular weight excluding hydrogens is 274 g/mol. The predicted molar refractivity (Wildman–Crippen MR) is 82.0 cm³/mol. The Bertz CT molecular complexity index is 318. The van der Waals surface area contributed by atoms with E-state index >= 15 is 0 Å². The molecule has 0 spiro atoms. The molecule has 2 unspecified atom stereocenters. The van der Waals surface area contributed by atoms with E-state index < -0.39 is 6.10 Å². The number of aliphatic hydroxyl groups is 1. The number of carbonyl (C=O) groups is 1. The van der Waals surface area contributed by atoms with Crippen molar-refractivity contribution in [1.29, 1.82) is 0 Å². The molecule has 0 aromatic rings. The Hall–Kier alpha value is -0.420. The van der Waals surface area contributed by atoms with E-state index in [0.29, 0.717) is 16.9 Å². The molecule has 20 heavy (non-hydrogen) atoms. The molecule has 1 heterocycles. The first-order chi connectivity index (χ1) is 9.56. The van der Waals surface area contributed by atoms with Crippen molar-refractivity contribution in [3.05, 3.63) is 0 Å². The van der Waals surface area contributed by atoms with Gasteiger partial charge in [0.25, 0.3) is 0 Å². The molecule has 0 radical (unpaired) electrons. The van der Waals surface area contributed by atoms with Gasteiger partial charge >= 0.3 is 6.09 Å². The molecule has 3 atom stereocenters. The fourth-order valence-corrected chi connectivity index (χ4v) is 3.95. The highest BCUT2D eigenvalue weighted by Gasteiger charge is 2.40. The Morgan fingerprint density at radius 2 is 2.05 bits per heavy atom. The summed E-state index contributed by atoms with van der Waals surface area (Å²) in [5.41, 5.74) is 0. The van der Waals surface area contributed by atoms with Crippen molar-refractivity contribution >= 4 is 17.9 Å². The molecule has 4 nitrogen and oxygen atoms in total. The average Bonchev–Trinajstić information content (AvgIpc) is 2.78. The van der Waals surface area contributed by atoms with E-state index in [1.807, 2.05) is 0 Å². The Labute approximate surface area is 126 Å². The molecule has 1 saturated heterocycles. The molecule has 2 rings (SSSR count). The second-order valence-electron chi connectivity index (χ2n) is 6.31. The van der Waals surface area contributed by atoms with Crippen LogP contribution in [0.15, 0.2) is 0 Å². The number of nitrogens with one attached hydrogen (secondary N) is 1. The van der Waals surface area contributed by atoms with Crippen molar-refractivity contribution in [3.63, 3.8) is 0 Å². The van der Waals surface area contributed by atoms with Gasteiger partial charge in [0.2, 0.25) is 0 Å². The molecule has 116 valence electrons. The third kappa shape index (κ3) is 4.55. The number of hydrogen-bond acceptors (Lipinski definition) is 4. The largest absolute Gasteiger partial charge is 0.441 e. The fraction of sp³-hybridized carbons (Fsp3) is 0.933. The summed E-state index contributed by atoms with van der Waals surface area (Å²) in [6.07, 6.45) is 6.04. The van der Waals surface area contributed by atoms with Crippen molar-refractivity contribution < 1.29 is 14.6 Å². The van der Waals surface area contributed by atoms with E-state index in [2.05, 4.69) is 19.2 Å². The quantitative estimate of drug-likeness (QED) is 0.792. The molecule has 1 aliphatic carbocycles. The Morgan fingerprint density at radius 1 is 1.35 bits per heavy atom. The monoisotopic (exact) mass is 301 g/mol. The Morgan fingerprint density at radius 3 is 2.70 bits per heavy atom. The molecular formula is C15H27NO3S. The van der Waals surface area contributed by atoms with E-state index in [1.54, 1.807) is 11.8 Å². The zero-order chi connectivity index (χ0) is 14.5. The van der Waals surface area contributed by atoms with Crippen LogP contribution in [0.2, 0.25) is 0 Å². The van der Waals surface area contributed by atoms with Crippen LogP contribution in [0.25, 0.3) is 0 Å². The van der Waals surface area contributed by atoms with Crippen LogP contribution in [0.5, 0.6) is 0 Å². The summed E-state index contributed by atoms with van der Waals surface area (Å²) in [4.78, 5) is 11.5. The number of amides is 1. The molecule has 0 aromatic carbocycles. The number of ether oxygens (including phenoxy) is 1. The van der Waals surface area contributed by atoms with Crippen molar-refractivity contribution in [2.75, 3.05) is 5.75 Å². The molecule has 5 heteroatoms. The van der Waals surface area contributed by atoms with Crippen molar-refractivity contribution in [3.8, 4) is 0 Å². The van der Waals surface area contributed by atoms with Gasteiger partial charge in [-0.05, 0) is 17.6 Å². The van der Waals surface area contributed by atoms with E-state index in [9.17, 15) is 9.90 Å². The Balaban J connectivity index is 1.86. The first-order valence-corrected chi connectivity index (χ1v) is 8.88. The number of rotatable bonds is 6. The lowest BCUT2D eigenvalue weighted by atomic mass is 9.83. The molecule has 1 aliphatic heterocycles. The molecule has 0 bridgehead atoms. The lowest BCUT2D eigenvalue weighted by Gasteiger charge is -2.28. The number of carbonyl (C=O) groups excluding carboxylic acids is 1. The summed E-state index contributed by atoms with van der Waals surface area (Å²) >= 11 is 1.71. The fourth-order valence-electron chi connectivity index (χ4n) is 3.18. The number of cyclic esters (lactones) is 1. The third-order valence-electron chi connectivity index (χ3n) is 4.23. The summed E-state index contributed by atoms with van der Waals surface area (Å²) in [5, 5.41) is 13.6. The van der Waals surface area contributed by atoms with Gasteiger partial charge in [-0.3, -0.25) is 0 Å². The lowest BCUT2D eigenvalue weighted by molar-refractivity contribution is 0.0277. The maximum absolute atomic E-state index is 11.5. The maximum Gasteiger partial charge on any atom is 0.407 e. The van der Waals surface area contributed by atoms with Gasteiger partial charge in [-0.2, -0.15) is 11.8 Å². The van der Waals surface area contributed by atoms with E-state index in [-0.39, 0.29) is 18.2 Å². The zero-order valence-corrected chi connectivity index (χ0v) is 13.3. The van der Waals surface area contributed by atoms with Crippen LogP contribution in [-0.4, -0.2) is 40.5 Å². The number of hydrogen-bond donors (Lipinski definition) is 2. The zero-order valence-electron chi connectivity index (χ0n) is 12.5. The first-order valence-electron chi connectivity index (χ1n) is 7.83. The van der Waals surface area contributed by atoms with Crippen LogP contribution in [0.3, 0.4) is 0 Å². The van der Waals surface area contributed by atoms with Gasteiger partial charge in [0.1, 0.15) is 6.10 Å². The molecule has 2 fully saturated rings. The number of aliphatic hydroxyl groups excluding tert-OH is 1. The topological polar surface area (TPSA) is 58.6 Å². The number of alkyl carbamates (subject to hydrolysis) is 1. The van der Waals surface area contributed by atoms with Crippen LogP contribution >= 0.6 is 11.8 Å². The summed E-state index contributed by atoms with van der Waals surface area (Å²) in [7, 11) is 0. The van der Waals surface area contributed by atoms with Gasteiger partial charge in [0.05, 0.1) is 6.04 Å². The minimum atomic E-state index is -0.574. The smallest absolute Gasteiger partial charge is 0.407 e. The standard InChI is InChI=1S/C15H27NO3S/c1-10(2)20-9-13(17)14-12(16-15(18)19-14)8-11-6-4-3-5-7-11/h10-14,17H,3-9H2,1-2H3,(H,16,18)/t12?,13-,14?/m0/s1. The second-order valence-corrected chi connectivity index (χ2v) is 7.92. The summed E-state index contributed by atoms with van der Waals surface area (Å²) in [6.45, 7) is 4.21. The van der Waals surface area contributed by atoms with Gasteiger partial charge < -0.3 is 15.2 Å². The normalized spacial score (nSPS) is 29.3. The molecule has 1 saturated carbocycles. The van der Waals surface area contributed by atoms with Crippen LogP contribution in [0.1, 0.15) is 52.4 Å². The average molecular weight is 301 g/mol. The third-order valence-corrected chi connectivity index (χ3v) is 5.44. The summed E-state index contributed by atoms with van der Waals surface area (Å²) in [5.74, 6) is 1.29. The molecule has 1 amide bonds. The molecule has 2 aliphatic rings. The van der Waals surface area contributed by atoms with E-state index in [4.69, 9.17) is 4.74 Å². The van der Waals surface area contributed by atoms with Gasteiger partial charge in [-0.15, -0.1) is 0 Å². The Kier molecular flexibility index (Phi) is 6.02. The van der Waals surface area contributed by atoms with Crippen LogP contribution in [0.4, 0.5) is 4.79 Å². The lowest BCUT2D eigenvalue weighted by Crippen LogP contribution is -2.42. The van der Waals surface area contributed by atoms with Gasteiger partial charge in [-0.1, -0.05) is 46.0 Å². The van der Waals surface area contributed by atoms with Crippen molar-refractivity contribution in [1.82, 2.24) is 5.32 Å². The van der Waals surface area contributed by atoms with Crippen LogP contribution in [0, 0.1) is 5.92 Å².